The van der Waals surface area contributed by atoms with Crippen molar-refractivity contribution in [1.29, 1.82) is 0 Å². The van der Waals surface area contributed by atoms with Crippen LogP contribution in [0, 0.1) is 0 Å². The fourth-order valence-electron chi connectivity index (χ4n) is 0.832. The van der Waals surface area contributed by atoms with Gasteiger partial charge in [-0.1, -0.05) is 16.7 Å². The second kappa shape index (κ2) is 4.69. The minimum atomic E-state index is 0.00492. The fourth-order valence-corrected chi connectivity index (χ4v) is 1.04. The lowest BCUT2D eigenvalue weighted by atomic mass is 10.4. The second-order valence-corrected chi connectivity index (χ2v) is 3.24. The van der Waals surface area contributed by atoms with Crippen LogP contribution in [0.1, 0.15) is 13.8 Å². The number of halogens is 1. The van der Waals surface area contributed by atoms with Crippen LogP contribution >= 0.6 is 11.6 Å². The molecule has 0 fully saturated rings. The Labute approximate surface area is 86.3 Å². The zero-order valence-corrected chi connectivity index (χ0v) is 8.56. The van der Waals surface area contributed by atoms with Crippen molar-refractivity contribution in [2.75, 3.05) is 0 Å². The SMILES string of the molecule is CC(C)Oc1ncc(N=[N+]=[N-])cc1Cl. The maximum absolute atomic E-state index is 8.18. The largest absolute Gasteiger partial charge is 0.474 e. The lowest BCUT2D eigenvalue weighted by molar-refractivity contribution is 0.233. The molecule has 0 aliphatic carbocycles. The molecule has 6 heteroatoms. The van der Waals surface area contributed by atoms with E-state index in [9.17, 15) is 0 Å². The summed E-state index contributed by atoms with van der Waals surface area (Å²) in [6, 6.07) is 1.51. The van der Waals surface area contributed by atoms with Crippen LogP contribution in [0.3, 0.4) is 0 Å². The fraction of sp³-hybridized carbons (Fsp3) is 0.375. The Morgan fingerprint density at radius 1 is 1.64 bits per heavy atom. The first-order valence-corrected chi connectivity index (χ1v) is 4.38. The second-order valence-electron chi connectivity index (χ2n) is 2.84. The van der Waals surface area contributed by atoms with Crippen molar-refractivity contribution in [2.45, 2.75) is 20.0 Å². The predicted octanol–water partition coefficient (Wildman–Crippen LogP) is 3.46. The molecule has 0 aliphatic rings. The van der Waals surface area contributed by atoms with Gasteiger partial charge in [-0.3, -0.25) is 0 Å². The van der Waals surface area contributed by atoms with E-state index < -0.39 is 0 Å². The lowest BCUT2D eigenvalue weighted by Gasteiger charge is -2.09. The molecular formula is C8H9ClN4O. The third-order valence-electron chi connectivity index (χ3n) is 1.30. The molecule has 0 saturated carbocycles. The number of aromatic nitrogens is 1. The molecule has 0 aliphatic heterocycles. The molecule has 0 saturated heterocycles. The summed E-state index contributed by atoms with van der Waals surface area (Å²) in [5.74, 6) is 0.346. The average molecular weight is 213 g/mol. The molecule has 0 N–H and O–H groups in total. The van der Waals surface area contributed by atoms with Gasteiger partial charge in [-0.25, -0.2) is 4.98 Å². The van der Waals surface area contributed by atoms with Gasteiger partial charge in [0.25, 0.3) is 0 Å². The Balaban J connectivity index is 2.95. The smallest absolute Gasteiger partial charge is 0.232 e. The van der Waals surface area contributed by atoms with Gasteiger partial charge in [0.15, 0.2) is 0 Å². The van der Waals surface area contributed by atoms with E-state index >= 15 is 0 Å². The first-order chi connectivity index (χ1) is 6.63. The molecule has 14 heavy (non-hydrogen) atoms. The standard InChI is InChI=1S/C8H9ClN4O/c1-5(2)14-8-7(9)3-6(4-11-8)12-13-10/h3-5H,1-2H3. The van der Waals surface area contributed by atoms with Gasteiger partial charge >= 0.3 is 0 Å². The van der Waals surface area contributed by atoms with Crippen LogP contribution in [0.2, 0.25) is 5.02 Å². The number of hydrogen-bond acceptors (Lipinski definition) is 3. The van der Waals surface area contributed by atoms with Crippen LogP contribution in [0.25, 0.3) is 10.4 Å². The van der Waals surface area contributed by atoms with Crippen LogP contribution in [0.15, 0.2) is 17.4 Å². The summed E-state index contributed by atoms with van der Waals surface area (Å²) in [7, 11) is 0. The number of nitrogens with zero attached hydrogens (tertiary/aromatic N) is 4. The van der Waals surface area contributed by atoms with Gasteiger partial charge in [0.1, 0.15) is 5.02 Å². The molecule has 0 unspecified atom stereocenters. The Morgan fingerprint density at radius 3 is 2.86 bits per heavy atom. The maximum atomic E-state index is 8.18. The normalized spacial score (nSPS) is 9.71. The van der Waals surface area contributed by atoms with E-state index in [4.69, 9.17) is 21.9 Å². The van der Waals surface area contributed by atoms with Crippen LogP contribution in [0.5, 0.6) is 5.88 Å². The lowest BCUT2D eigenvalue weighted by Crippen LogP contribution is -2.06. The summed E-state index contributed by atoms with van der Waals surface area (Å²) in [4.78, 5) is 6.54. The third-order valence-corrected chi connectivity index (χ3v) is 1.57. The van der Waals surface area contributed by atoms with Crippen molar-refractivity contribution in [3.05, 3.63) is 27.7 Å². The molecule has 1 aromatic heterocycles. The minimum absolute atomic E-state index is 0.00492. The number of rotatable bonds is 3. The first-order valence-electron chi connectivity index (χ1n) is 4.00. The van der Waals surface area contributed by atoms with E-state index in [2.05, 4.69) is 15.0 Å². The minimum Gasteiger partial charge on any atom is -0.474 e. The van der Waals surface area contributed by atoms with E-state index in [0.717, 1.165) is 0 Å². The van der Waals surface area contributed by atoms with Crippen molar-refractivity contribution < 1.29 is 4.74 Å². The third kappa shape index (κ3) is 2.80. The molecule has 1 aromatic rings. The molecule has 0 aromatic carbocycles. The Morgan fingerprint density at radius 2 is 2.36 bits per heavy atom. The zero-order chi connectivity index (χ0) is 10.6. The monoisotopic (exact) mass is 212 g/mol. The van der Waals surface area contributed by atoms with Crippen molar-refractivity contribution in [1.82, 2.24) is 4.98 Å². The molecule has 0 amide bonds. The molecule has 1 heterocycles. The molecule has 74 valence electrons. The van der Waals surface area contributed by atoms with Crippen LogP contribution < -0.4 is 4.74 Å². The summed E-state index contributed by atoms with van der Waals surface area (Å²) in [6.07, 6.45) is 1.41. The molecule has 1 rings (SSSR count). The molecular weight excluding hydrogens is 204 g/mol. The van der Waals surface area contributed by atoms with E-state index in [1.54, 1.807) is 0 Å². The quantitative estimate of drug-likeness (QED) is 0.437. The van der Waals surface area contributed by atoms with Crippen molar-refractivity contribution >= 4 is 17.3 Å². The van der Waals surface area contributed by atoms with E-state index in [1.165, 1.54) is 12.3 Å². The summed E-state index contributed by atoms with van der Waals surface area (Å²) >= 11 is 5.84. The highest BCUT2D eigenvalue weighted by atomic mass is 35.5. The number of pyridine rings is 1. The number of ether oxygens (including phenoxy) is 1. The van der Waals surface area contributed by atoms with Crippen LogP contribution in [-0.2, 0) is 0 Å². The van der Waals surface area contributed by atoms with Crippen molar-refractivity contribution in [3.8, 4) is 5.88 Å². The highest BCUT2D eigenvalue weighted by Crippen LogP contribution is 2.26. The molecule has 0 spiro atoms. The maximum Gasteiger partial charge on any atom is 0.232 e. The van der Waals surface area contributed by atoms with Gasteiger partial charge in [-0.05, 0) is 25.4 Å². The summed E-state index contributed by atoms with van der Waals surface area (Å²) in [6.45, 7) is 3.75. The van der Waals surface area contributed by atoms with Crippen LogP contribution in [-0.4, -0.2) is 11.1 Å². The van der Waals surface area contributed by atoms with Crippen molar-refractivity contribution in [2.24, 2.45) is 5.11 Å². The topological polar surface area (TPSA) is 70.9 Å². The highest BCUT2D eigenvalue weighted by molar-refractivity contribution is 6.32. The van der Waals surface area contributed by atoms with Gasteiger partial charge in [-0.2, -0.15) is 0 Å². The highest BCUT2D eigenvalue weighted by Gasteiger charge is 2.05. The molecule has 5 nitrogen and oxygen atoms in total. The molecule has 0 atom stereocenters. The Kier molecular flexibility index (Phi) is 3.56. The van der Waals surface area contributed by atoms with Crippen LogP contribution in [0.4, 0.5) is 5.69 Å². The summed E-state index contributed by atoms with van der Waals surface area (Å²) < 4.78 is 5.30. The zero-order valence-electron chi connectivity index (χ0n) is 7.81. The molecule has 0 bridgehead atoms. The van der Waals surface area contributed by atoms with Gasteiger partial charge in [0.2, 0.25) is 5.88 Å². The van der Waals surface area contributed by atoms with E-state index in [1.807, 2.05) is 13.8 Å². The summed E-state index contributed by atoms with van der Waals surface area (Å²) in [5.41, 5.74) is 8.55. The van der Waals surface area contributed by atoms with Gasteiger partial charge in [0.05, 0.1) is 11.8 Å². The van der Waals surface area contributed by atoms with E-state index in [0.29, 0.717) is 16.6 Å². The van der Waals surface area contributed by atoms with Crippen molar-refractivity contribution in [3.63, 3.8) is 0 Å². The Bertz CT molecular complexity index is 374. The number of hydrogen-bond donors (Lipinski definition) is 0. The summed E-state index contributed by atoms with van der Waals surface area (Å²) in [5, 5.41) is 3.70. The number of azide groups is 1. The van der Waals surface area contributed by atoms with E-state index in [-0.39, 0.29) is 6.10 Å². The van der Waals surface area contributed by atoms with Gasteiger partial charge < -0.3 is 4.74 Å². The van der Waals surface area contributed by atoms with Gasteiger partial charge in [-0.15, -0.1) is 0 Å². The Hall–Kier alpha value is -1.45. The molecule has 0 radical (unpaired) electrons. The van der Waals surface area contributed by atoms with Gasteiger partial charge in [0, 0.05) is 11.1 Å². The predicted molar refractivity (Wildman–Crippen MR) is 53.8 cm³/mol. The first kappa shape index (κ1) is 10.6. The average Bonchev–Trinajstić information content (AvgIpc) is 2.10.